The van der Waals surface area contributed by atoms with Crippen LogP contribution in [0.3, 0.4) is 0 Å². The summed E-state index contributed by atoms with van der Waals surface area (Å²) in [5.74, 6) is 0. The summed E-state index contributed by atoms with van der Waals surface area (Å²) >= 11 is 3.15. The molecule has 0 atom stereocenters. The zero-order chi connectivity index (χ0) is 37.1. The third-order valence-electron chi connectivity index (χ3n) is 12.0. The zero-order valence-corrected chi connectivity index (χ0v) is 38.1. The van der Waals surface area contributed by atoms with Gasteiger partial charge in [-0.15, -0.1) is 0 Å². The first-order chi connectivity index (χ1) is 25.6. The second-order valence-corrected chi connectivity index (χ2v) is 30.5. The summed E-state index contributed by atoms with van der Waals surface area (Å²) in [5.41, 5.74) is 3.16. The van der Waals surface area contributed by atoms with Crippen molar-refractivity contribution < 1.29 is 0 Å². The number of rotatable bonds is 38. The fraction of sp³-hybridized carbons (Fsp3) is 0.760. The topological polar surface area (TPSA) is 0 Å². The van der Waals surface area contributed by atoms with Crippen LogP contribution in [0.5, 0.6) is 0 Å². The molecule has 0 radical (unpaired) electrons. The normalized spacial score (nSPS) is 12.6. The molecule has 0 fully saturated rings. The van der Waals surface area contributed by atoms with E-state index in [-0.39, 0.29) is 0 Å². The molecular formula is C50H88IP. The van der Waals surface area contributed by atoms with E-state index in [4.69, 9.17) is 0 Å². The van der Waals surface area contributed by atoms with Crippen molar-refractivity contribution in [2.75, 3.05) is 12.3 Å². The average Bonchev–Trinajstić information content (AvgIpc) is 3.15. The van der Waals surface area contributed by atoms with Gasteiger partial charge < -0.3 is 0 Å². The molecule has 0 aliphatic rings. The minimum absolute atomic E-state index is 1.32. The van der Waals surface area contributed by atoms with Gasteiger partial charge in [0.1, 0.15) is 0 Å². The maximum atomic E-state index is 3.15. The van der Waals surface area contributed by atoms with Crippen LogP contribution in [0.25, 0.3) is 0 Å². The first-order valence-electron chi connectivity index (χ1n) is 23.4. The molecule has 0 aliphatic carbocycles. The Labute approximate surface area is 340 Å². The molecule has 0 amide bonds. The van der Waals surface area contributed by atoms with Crippen LogP contribution in [-0.2, 0) is 12.3 Å². The van der Waals surface area contributed by atoms with Crippen molar-refractivity contribution in [3.05, 3.63) is 71.8 Å². The second-order valence-electron chi connectivity index (χ2n) is 17.2. The van der Waals surface area contributed by atoms with Crippen molar-refractivity contribution in [3.8, 4) is 0 Å². The van der Waals surface area contributed by atoms with E-state index in [0.29, 0.717) is 0 Å². The Bertz CT molecular complexity index is 938. The quantitative estimate of drug-likeness (QED) is 0.0359. The summed E-state index contributed by atoms with van der Waals surface area (Å²) in [4.78, 5) is 0. The minimum atomic E-state index is -2.03. The Morgan fingerprint density at radius 2 is 0.519 bits per heavy atom. The average molecular weight is 847 g/mol. The molecule has 0 aliphatic heterocycles. The molecule has 2 rings (SSSR count). The van der Waals surface area contributed by atoms with E-state index in [2.05, 4.69) is 96.6 Å². The molecule has 0 nitrogen and oxygen atoms in total. The predicted molar refractivity (Wildman–Crippen MR) is 250 cm³/mol. The zero-order valence-electron chi connectivity index (χ0n) is 35.1. The van der Waals surface area contributed by atoms with Gasteiger partial charge in [0.15, 0.2) is 0 Å². The third kappa shape index (κ3) is 25.6. The fourth-order valence-corrected chi connectivity index (χ4v) is 18.3. The summed E-state index contributed by atoms with van der Waals surface area (Å²) in [6.45, 7) is 4.63. The summed E-state index contributed by atoms with van der Waals surface area (Å²) in [5, 5.41) is 0. The van der Waals surface area contributed by atoms with Gasteiger partial charge in [0.05, 0.1) is 0 Å². The van der Waals surface area contributed by atoms with Crippen molar-refractivity contribution in [1.82, 2.24) is 0 Å². The molecule has 0 saturated heterocycles. The van der Waals surface area contributed by atoms with Gasteiger partial charge in [0, 0.05) is 0 Å². The number of benzene rings is 2. The van der Waals surface area contributed by atoms with Crippen LogP contribution in [0.4, 0.5) is 0 Å². The van der Waals surface area contributed by atoms with Gasteiger partial charge in [-0.1, -0.05) is 78.1 Å². The molecule has 0 unspecified atom stereocenters. The number of unbranched alkanes of at least 4 members (excludes halogenated alkanes) is 30. The molecule has 2 aromatic carbocycles. The van der Waals surface area contributed by atoms with Crippen LogP contribution in [0.2, 0.25) is 0 Å². The Hall–Kier alpha value is -0.400. The van der Waals surface area contributed by atoms with Gasteiger partial charge in [0.25, 0.3) is 0 Å². The van der Waals surface area contributed by atoms with Crippen molar-refractivity contribution in [2.24, 2.45) is 0 Å². The van der Waals surface area contributed by atoms with Crippen LogP contribution in [-0.4, -0.2) is 12.3 Å². The molecule has 0 spiro atoms. The van der Waals surface area contributed by atoms with Crippen LogP contribution in [0.15, 0.2) is 60.7 Å². The van der Waals surface area contributed by atoms with E-state index in [1.54, 1.807) is 11.1 Å². The Morgan fingerprint density at radius 3 is 0.750 bits per heavy atom. The Kier molecular flexibility index (Phi) is 30.1. The fourth-order valence-electron chi connectivity index (χ4n) is 8.67. The molecule has 2 heteroatoms. The number of hydrogen-bond acceptors (Lipinski definition) is 0. The van der Waals surface area contributed by atoms with Gasteiger partial charge in [-0.25, -0.2) is 0 Å². The summed E-state index contributed by atoms with van der Waals surface area (Å²) < 4.78 is -2.03. The monoisotopic (exact) mass is 847 g/mol. The second kappa shape index (κ2) is 32.8. The summed E-state index contributed by atoms with van der Waals surface area (Å²) in [6, 6.07) is 23.2. The number of halogens is 1. The molecule has 0 saturated carbocycles. The standard InChI is InChI=1S/C50H88IP/c1-3-5-7-9-11-13-15-17-19-21-23-25-27-29-31-39-45-52(51,47-49-41-35-33-36-42-49,48-50-43-37-34-38-44-50)46-40-32-30-28-26-24-22-20-18-16-14-12-10-8-6-4-2/h33-38,41-44H,3-32,39-40,45-48H2,1-2H3. The van der Waals surface area contributed by atoms with E-state index < -0.39 is 4.25 Å². The summed E-state index contributed by atoms with van der Waals surface area (Å²) in [6.07, 6.45) is 52.0. The SMILES string of the molecule is CCCCCCCCCCCCCCCCCCP(I)(CCCCCCCCCCCCCCCCCC)(Cc1ccccc1)Cc1ccccc1. The van der Waals surface area contributed by atoms with Crippen LogP contribution in [0.1, 0.15) is 230 Å². The van der Waals surface area contributed by atoms with Gasteiger partial charge in [-0.2, -0.15) is 0 Å². The van der Waals surface area contributed by atoms with Gasteiger partial charge in [-0.05, 0) is 0 Å². The first-order valence-corrected chi connectivity index (χ1v) is 29.1. The van der Waals surface area contributed by atoms with Crippen LogP contribution < -0.4 is 0 Å². The van der Waals surface area contributed by atoms with E-state index in [9.17, 15) is 0 Å². The van der Waals surface area contributed by atoms with Crippen molar-refractivity contribution in [2.45, 2.75) is 232 Å². The summed E-state index contributed by atoms with van der Waals surface area (Å²) in [7, 11) is 0. The Morgan fingerprint density at radius 1 is 0.308 bits per heavy atom. The van der Waals surface area contributed by atoms with Crippen molar-refractivity contribution >= 4 is 26.3 Å². The molecule has 0 N–H and O–H groups in total. The van der Waals surface area contributed by atoms with E-state index in [1.165, 1.54) is 230 Å². The van der Waals surface area contributed by atoms with E-state index >= 15 is 0 Å². The predicted octanol–water partition coefficient (Wildman–Crippen LogP) is 18.8. The van der Waals surface area contributed by atoms with Gasteiger partial charge in [0.2, 0.25) is 0 Å². The molecule has 300 valence electrons. The van der Waals surface area contributed by atoms with Gasteiger partial charge >= 0.3 is 264 Å². The van der Waals surface area contributed by atoms with E-state index in [1.807, 2.05) is 0 Å². The van der Waals surface area contributed by atoms with Gasteiger partial charge in [-0.3, -0.25) is 0 Å². The number of hydrogen-bond donors (Lipinski definition) is 0. The molecule has 0 bridgehead atoms. The maximum absolute atomic E-state index is 3.15. The van der Waals surface area contributed by atoms with Crippen LogP contribution >= 0.6 is 26.3 Å². The molecule has 52 heavy (non-hydrogen) atoms. The third-order valence-corrected chi connectivity index (χ3v) is 22.1. The Balaban J connectivity index is 1.73. The van der Waals surface area contributed by atoms with E-state index in [0.717, 1.165) is 0 Å². The molecule has 0 heterocycles. The molecule has 2 aromatic rings. The first kappa shape index (κ1) is 47.8. The van der Waals surface area contributed by atoms with Crippen LogP contribution in [0, 0.1) is 0 Å². The molecule has 0 aromatic heterocycles. The van der Waals surface area contributed by atoms with Crippen molar-refractivity contribution in [3.63, 3.8) is 0 Å². The molecular weight excluding hydrogens is 758 g/mol. The van der Waals surface area contributed by atoms with Crippen molar-refractivity contribution in [1.29, 1.82) is 0 Å².